The number of rotatable bonds is 3. The van der Waals surface area contributed by atoms with Crippen molar-refractivity contribution in [3.05, 3.63) is 82.5 Å². The van der Waals surface area contributed by atoms with Crippen LogP contribution in [0.3, 0.4) is 0 Å². The summed E-state index contributed by atoms with van der Waals surface area (Å²) in [7, 11) is 1.28. The number of aliphatic hydroxyl groups excluding tert-OH is 1. The normalized spacial score (nSPS) is 17.5. The Balaban J connectivity index is 2.04. The maximum Gasteiger partial charge on any atom is 0.344 e. The zero-order chi connectivity index (χ0) is 16.9. The van der Waals surface area contributed by atoms with Crippen molar-refractivity contribution in [1.82, 2.24) is 0 Å². The largest absolute Gasteiger partial charge is 0.506 e. The molecule has 2 aromatic carbocycles. The van der Waals surface area contributed by atoms with Gasteiger partial charge in [0.2, 0.25) is 0 Å². The second-order valence-electron chi connectivity index (χ2n) is 4.99. The van der Waals surface area contributed by atoms with Crippen LogP contribution < -0.4 is 0 Å². The molecule has 0 bridgehead atoms. The van der Waals surface area contributed by atoms with Gasteiger partial charge in [-0.15, -0.1) is 0 Å². The minimum atomic E-state index is -0.605. The summed E-state index contributed by atoms with van der Waals surface area (Å²) in [4.78, 5) is 17.1. The molecule has 24 heavy (non-hydrogen) atoms. The Labute approximate surface area is 144 Å². The SMILES string of the molecule is COC(=O)C1=C(O)/C(=C\c2ccccc2)SC1=Nc1ccccc1. The lowest BCUT2D eigenvalue weighted by Gasteiger charge is -2.01. The average Bonchev–Trinajstić information content (AvgIpc) is 2.91. The lowest BCUT2D eigenvalue weighted by atomic mass is 10.1. The molecule has 0 saturated carbocycles. The molecule has 5 heteroatoms. The fourth-order valence-corrected chi connectivity index (χ4v) is 3.25. The van der Waals surface area contributed by atoms with E-state index in [1.54, 1.807) is 0 Å². The molecule has 120 valence electrons. The summed E-state index contributed by atoms with van der Waals surface area (Å²) in [5, 5.41) is 10.9. The highest BCUT2D eigenvalue weighted by Crippen LogP contribution is 2.40. The maximum atomic E-state index is 12.1. The zero-order valence-electron chi connectivity index (χ0n) is 13.0. The number of aliphatic hydroxyl groups is 1. The number of aliphatic imine (C=N–C) groups is 1. The van der Waals surface area contributed by atoms with Crippen LogP contribution in [-0.2, 0) is 9.53 Å². The highest BCUT2D eigenvalue weighted by Gasteiger charge is 2.32. The Kier molecular flexibility index (Phi) is 4.82. The van der Waals surface area contributed by atoms with Gasteiger partial charge in [-0.3, -0.25) is 0 Å². The third-order valence-electron chi connectivity index (χ3n) is 3.36. The van der Waals surface area contributed by atoms with E-state index in [1.807, 2.05) is 66.7 Å². The van der Waals surface area contributed by atoms with E-state index in [0.717, 1.165) is 5.56 Å². The van der Waals surface area contributed by atoms with Gasteiger partial charge in [0.15, 0.2) is 0 Å². The van der Waals surface area contributed by atoms with Gasteiger partial charge < -0.3 is 9.84 Å². The van der Waals surface area contributed by atoms with Gasteiger partial charge in [0.25, 0.3) is 0 Å². The van der Waals surface area contributed by atoms with Crippen molar-refractivity contribution in [3.8, 4) is 0 Å². The topological polar surface area (TPSA) is 58.9 Å². The fraction of sp³-hybridized carbons (Fsp3) is 0.0526. The number of carbonyl (C=O) groups excluding carboxylic acids is 1. The van der Waals surface area contributed by atoms with Crippen molar-refractivity contribution in [3.63, 3.8) is 0 Å². The molecule has 1 aliphatic heterocycles. The van der Waals surface area contributed by atoms with Gasteiger partial charge in [-0.25, -0.2) is 9.79 Å². The average molecular weight is 337 g/mol. The molecular formula is C19H15NO3S. The number of thioether (sulfide) groups is 1. The lowest BCUT2D eigenvalue weighted by Crippen LogP contribution is -2.10. The summed E-state index contributed by atoms with van der Waals surface area (Å²) in [5.41, 5.74) is 1.72. The highest BCUT2D eigenvalue weighted by atomic mass is 32.2. The van der Waals surface area contributed by atoms with Crippen LogP contribution in [0.1, 0.15) is 5.56 Å². The number of hydrogen-bond acceptors (Lipinski definition) is 5. The number of methoxy groups -OCH3 is 1. The van der Waals surface area contributed by atoms with Gasteiger partial charge in [-0.05, 0) is 23.8 Å². The van der Waals surface area contributed by atoms with Crippen LogP contribution in [-0.4, -0.2) is 23.2 Å². The zero-order valence-corrected chi connectivity index (χ0v) is 13.8. The van der Waals surface area contributed by atoms with Crippen LogP contribution in [0.4, 0.5) is 5.69 Å². The van der Waals surface area contributed by atoms with E-state index < -0.39 is 5.97 Å². The van der Waals surface area contributed by atoms with Crippen LogP contribution >= 0.6 is 11.8 Å². The quantitative estimate of drug-likeness (QED) is 0.838. The molecule has 1 aliphatic rings. The Bertz CT molecular complexity index is 839. The summed E-state index contributed by atoms with van der Waals surface area (Å²) < 4.78 is 4.79. The number of ether oxygens (including phenoxy) is 1. The first-order valence-corrected chi connectivity index (χ1v) is 8.11. The fourth-order valence-electron chi connectivity index (χ4n) is 2.21. The monoisotopic (exact) mass is 337 g/mol. The Morgan fingerprint density at radius 2 is 1.71 bits per heavy atom. The van der Waals surface area contributed by atoms with Crippen LogP contribution in [0.25, 0.3) is 6.08 Å². The van der Waals surface area contributed by atoms with E-state index >= 15 is 0 Å². The molecule has 2 aromatic rings. The molecule has 0 spiro atoms. The van der Waals surface area contributed by atoms with Crippen molar-refractivity contribution in [2.45, 2.75) is 0 Å². The van der Waals surface area contributed by atoms with Crippen molar-refractivity contribution in [2.24, 2.45) is 4.99 Å². The third kappa shape index (κ3) is 3.41. The number of para-hydroxylation sites is 1. The van der Waals surface area contributed by atoms with Gasteiger partial charge in [0.1, 0.15) is 16.4 Å². The van der Waals surface area contributed by atoms with Gasteiger partial charge in [-0.1, -0.05) is 60.3 Å². The van der Waals surface area contributed by atoms with Crippen LogP contribution in [0.15, 0.2) is 81.9 Å². The lowest BCUT2D eigenvalue weighted by molar-refractivity contribution is -0.135. The number of carbonyl (C=O) groups is 1. The Morgan fingerprint density at radius 1 is 1.08 bits per heavy atom. The van der Waals surface area contributed by atoms with Gasteiger partial charge >= 0.3 is 5.97 Å². The van der Waals surface area contributed by atoms with Crippen molar-refractivity contribution in [2.75, 3.05) is 7.11 Å². The second-order valence-corrected chi connectivity index (χ2v) is 6.02. The van der Waals surface area contributed by atoms with Gasteiger partial charge in [0.05, 0.1) is 17.7 Å². The number of nitrogens with zero attached hydrogens (tertiary/aromatic N) is 1. The Hall–Kier alpha value is -2.79. The summed E-state index contributed by atoms with van der Waals surface area (Å²) in [6.07, 6.45) is 1.82. The van der Waals surface area contributed by atoms with E-state index in [2.05, 4.69) is 4.99 Å². The molecule has 0 fully saturated rings. The van der Waals surface area contributed by atoms with Crippen molar-refractivity contribution in [1.29, 1.82) is 0 Å². The highest BCUT2D eigenvalue weighted by molar-refractivity contribution is 8.18. The standard InChI is InChI=1S/C19H15NO3S/c1-23-19(22)16-17(21)15(12-13-8-4-2-5-9-13)24-18(16)20-14-10-6-3-7-11-14/h2-12,21H,1H3/b15-12+,20-18?. The van der Waals surface area contributed by atoms with Crippen LogP contribution in [0, 0.1) is 0 Å². The van der Waals surface area contributed by atoms with Gasteiger partial charge in [-0.2, -0.15) is 0 Å². The second kappa shape index (κ2) is 7.19. The summed E-state index contributed by atoms with van der Waals surface area (Å²) in [6, 6.07) is 18.9. The molecule has 4 nitrogen and oxygen atoms in total. The minimum Gasteiger partial charge on any atom is -0.506 e. The smallest absolute Gasteiger partial charge is 0.344 e. The van der Waals surface area contributed by atoms with E-state index in [4.69, 9.17) is 4.74 Å². The van der Waals surface area contributed by atoms with Crippen LogP contribution in [0.2, 0.25) is 0 Å². The predicted molar refractivity (Wildman–Crippen MR) is 97.2 cm³/mol. The number of benzene rings is 2. The van der Waals surface area contributed by atoms with Crippen molar-refractivity contribution < 1.29 is 14.6 Å². The number of esters is 1. The number of hydrogen-bond donors (Lipinski definition) is 1. The molecular weight excluding hydrogens is 322 g/mol. The molecule has 0 unspecified atom stereocenters. The molecule has 0 amide bonds. The Morgan fingerprint density at radius 3 is 2.33 bits per heavy atom. The molecule has 0 saturated heterocycles. The summed E-state index contributed by atoms with van der Waals surface area (Å²) in [6.45, 7) is 0. The first-order chi connectivity index (χ1) is 11.7. The molecule has 0 aliphatic carbocycles. The van der Waals surface area contributed by atoms with Gasteiger partial charge in [0, 0.05) is 0 Å². The molecule has 0 aromatic heterocycles. The van der Waals surface area contributed by atoms with E-state index in [-0.39, 0.29) is 11.3 Å². The first kappa shape index (κ1) is 16.1. The first-order valence-electron chi connectivity index (χ1n) is 7.29. The molecule has 0 radical (unpaired) electrons. The van der Waals surface area contributed by atoms with E-state index in [9.17, 15) is 9.90 Å². The summed E-state index contributed by atoms with van der Waals surface area (Å²) >= 11 is 1.25. The predicted octanol–water partition coefficient (Wildman–Crippen LogP) is 4.49. The molecule has 3 rings (SSSR count). The van der Waals surface area contributed by atoms with Crippen molar-refractivity contribution >= 4 is 34.5 Å². The third-order valence-corrected chi connectivity index (χ3v) is 4.38. The maximum absolute atomic E-state index is 12.1. The molecule has 0 atom stereocenters. The van der Waals surface area contributed by atoms with Crippen LogP contribution in [0.5, 0.6) is 0 Å². The minimum absolute atomic E-state index is 0.0912. The summed E-state index contributed by atoms with van der Waals surface area (Å²) in [5.74, 6) is -0.712. The molecule has 1 heterocycles. The molecule has 1 N–H and O–H groups in total. The van der Waals surface area contributed by atoms with E-state index in [0.29, 0.717) is 15.6 Å². The van der Waals surface area contributed by atoms with E-state index in [1.165, 1.54) is 18.9 Å².